The van der Waals surface area contributed by atoms with Gasteiger partial charge in [-0.05, 0) is 44.0 Å². The number of ether oxygens (including phenoxy) is 1. The van der Waals surface area contributed by atoms with Gasteiger partial charge in [-0.25, -0.2) is 4.98 Å². The predicted molar refractivity (Wildman–Crippen MR) is 78.7 cm³/mol. The average Bonchev–Trinajstić information content (AvgIpc) is 2.76. The summed E-state index contributed by atoms with van der Waals surface area (Å²) in [5.74, 6) is 1.42. The van der Waals surface area contributed by atoms with Crippen LogP contribution in [0.3, 0.4) is 0 Å². The van der Waals surface area contributed by atoms with Crippen LogP contribution in [0.1, 0.15) is 22.6 Å². The van der Waals surface area contributed by atoms with E-state index in [2.05, 4.69) is 11.1 Å². The molecule has 108 valence electrons. The monoisotopic (exact) mass is 284 g/mol. The van der Waals surface area contributed by atoms with Crippen LogP contribution in [0.15, 0.2) is 39.6 Å². The van der Waals surface area contributed by atoms with Crippen molar-refractivity contribution in [3.05, 3.63) is 63.3 Å². The highest BCUT2D eigenvalue weighted by Crippen LogP contribution is 2.17. The number of fused-ring (bicyclic) bond motifs is 1. The lowest BCUT2D eigenvalue weighted by Crippen LogP contribution is -2.14. The molecule has 0 saturated heterocycles. The lowest BCUT2D eigenvalue weighted by molar-refractivity contribution is 0.298. The van der Waals surface area contributed by atoms with Gasteiger partial charge in [-0.15, -0.1) is 4.57 Å². The molecule has 0 N–H and O–H groups in total. The van der Waals surface area contributed by atoms with Gasteiger partial charge < -0.3 is 9.26 Å². The van der Waals surface area contributed by atoms with Crippen molar-refractivity contribution in [1.82, 2.24) is 9.56 Å². The molecule has 2 heterocycles. The number of hydrogen-bond acceptors (Lipinski definition) is 4. The molecule has 0 radical (unpaired) electrons. The molecule has 0 aliphatic rings. The van der Waals surface area contributed by atoms with E-state index in [-0.39, 0.29) is 12.2 Å². The Morgan fingerprint density at radius 3 is 2.52 bits per heavy atom. The number of hydrogen-bond donors (Lipinski definition) is 0. The van der Waals surface area contributed by atoms with Crippen LogP contribution < -0.4 is 10.3 Å². The quantitative estimate of drug-likeness (QED) is 0.742. The normalized spacial score (nSPS) is 11.0. The highest BCUT2D eigenvalue weighted by Gasteiger charge is 2.07. The Morgan fingerprint density at radius 2 is 1.81 bits per heavy atom. The maximum absolute atomic E-state index is 11.9. The van der Waals surface area contributed by atoms with Gasteiger partial charge in [0.25, 0.3) is 5.56 Å². The van der Waals surface area contributed by atoms with Crippen molar-refractivity contribution < 1.29 is 9.26 Å². The zero-order valence-corrected chi connectivity index (χ0v) is 12.2. The molecule has 0 fully saturated rings. The van der Waals surface area contributed by atoms with E-state index in [1.807, 2.05) is 26.0 Å². The molecule has 0 aliphatic carbocycles. The van der Waals surface area contributed by atoms with Crippen LogP contribution in [-0.2, 0) is 6.61 Å². The first-order chi connectivity index (χ1) is 10.0. The molecular formula is C16H16N2O3. The molecule has 0 spiro atoms. The maximum atomic E-state index is 11.9. The molecule has 21 heavy (non-hydrogen) atoms. The second kappa shape index (κ2) is 5.09. The van der Waals surface area contributed by atoms with E-state index in [9.17, 15) is 4.79 Å². The SMILES string of the molecule is Cc1cc(C)cc(OCc2cc(=O)n3oc(C)cc3n2)c1. The van der Waals surface area contributed by atoms with Crippen LogP contribution in [0.4, 0.5) is 0 Å². The Morgan fingerprint density at radius 1 is 1.10 bits per heavy atom. The Kier molecular flexibility index (Phi) is 3.25. The van der Waals surface area contributed by atoms with Crippen LogP contribution >= 0.6 is 0 Å². The number of nitrogens with zero attached hydrogens (tertiary/aromatic N) is 2. The molecule has 0 unspecified atom stereocenters. The summed E-state index contributed by atoms with van der Waals surface area (Å²) >= 11 is 0. The van der Waals surface area contributed by atoms with Gasteiger partial charge in [0.2, 0.25) is 0 Å². The molecule has 0 bridgehead atoms. The van der Waals surface area contributed by atoms with Crippen LogP contribution in [0.2, 0.25) is 0 Å². The molecule has 0 aliphatic heterocycles. The van der Waals surface area contributed by atoms with Crippen molar-refractivity contribution in [2.45, 2.75) is 27.4 Å². The molecule has 5 nitrogen and oxygen atoms in total. The summed E-state index contributed by atoms with van der Waals surface area (Å²) < 4.78 is 12.1. The summed E-state index contributed by atoms with van der Waals surface area (Å²) in [6, 6.07) is 9.15. The Hall–Kier alpha value is -2.56. The molecule has 3 aromatic rings. The molecule has 1 aromatic carbocycles. The Balaban J connectivity index is 1.86. The minimum Gasteiger partial charge on any atom is -0.487 e. The van der Waals surface area contributed by atoms with Crippen molar-refractivity contribution in [2.24, 2.45) is 0 Å². The predicted octanol–water partition coefficient (Wildman–Crippen LogP) is 2.79. The first-order valence-corrected chi connectivity index (χ1v) is 6.72. The molecule has 2 aromatic heterocycles. The zero-order chi connectivity index (χ0) is 15.0. The van der Waals surface area contributed by atoms with Gasteiger partial charge in [0.15, 0.2) is 5.65 Å². The van der Waals surface area contributed by atoms with E-state index in [0.29, 0.717) is 17.1 Å². The van der Waals surface area contributed by atoms with E-state index in [1.165, 1.54) is 10.6 Å². The zero-order valence-electron chi connectivity index (χ0n) is 12.2. The van der Waals surface area contributed by atoms with E-state index in [4.69, 9.17) is 9.26 Å². The highest BCUT2D eigenvalue weighted by atomic mass is 16.5. The fourth-order valence-electron chi connectivity index (χ4n) is 2.32. The summed E-state index contributed by atoms with van der Waals surface area (Å²) in [4.78, 5) is 16.3. The minimum absolute atomic E-state index is 0.243. The second-order valence-corrected chi connectivity index (χ2v) is 5.20. The largest absolute Gasteiger partial charge is 0.487 e. The number of aryl methyl sites for hydroxylation is 3. The summed E-state index contributed by atoms with van der Waals surface area (Å²) in [5, 5.41) is 0. The van der Waals surface area contributed by atoms with E-state index >= 15 is 0 Å². The van der Waals surface area contributed by atoms with Crippen LogP contribution in [0.5, 0.6) is 5.75 Å². The van der Waals surface area contributed by atoms with E-state index in [0.717, 1.165) is 16.9 Å². The first kappa shape index (κ1) is 13.4. The first-order valence-electron chi connectivity index (χ1n) is 6.72. The number of benzene rings is 1. The van der Waals surface area contributed by atoms with Gasteiger partial charge in [0.05, 0.1) is 5.69 Å². The number of aromatic nitrogens is 2. The fourth-order valence-corrected chi connectivity index (χ4v) is 2.32. The molecule has 0 amide bonds. The third-order valence-electron chi connectivity index (χ3n) is 3.11. The Labute approximate surface area is 121 Å². The van der Waals surface area contributed by atoms with Crippen molar-refractivity contribution in [3.63, 3.8) is 0 Å². The molecular weight excluding hydrogens is 268 g/mol. The van der Waals surface area contributed by atoms with E-state index in [1.54, 1.807) is 13.0 Å². The highest BCUT2D eigenvalue weighted by molar-refractivity contribution is 5.38. The average molecular weight is 284 g/mol. The lowest BCUT2D eigenvalue weighted by Gasteiger charge is -2.07. The molecule has 5 heteroatoms. The maximum Gasteiger partial charge on any atom is 0.287 e. The van der Waals surface area contributed by atoms with Crippen molar-refractivity contribution in [3.8, 4) is 5.75 Å². The van der Waals surface area contributed by atoms with Gasteiger partial charge in [-0.1, -0.05) is 6.07 Å². The molecule has 0 atom stereocenters. The summed E-state index contributed by atoms with van der Waals surface area (Å²) in [6.07, 6.45) is 0. The second-order valence-electron chi connectivity index (χ2n) is 5.20. The molecule has 0 saturated carbocycles. The van der Waals surface area contributed by atoms with Crippen LogP contribution in [0, 0.1) is 20.8 Å². The molecule has 3 rings (SSSR count). The lowest BCUT2D eigenvalue weighted by atomic mass is 10.1. The standard InChI is InChI=1S/C16H16N2O3/c1-10-4-11(2)6-14(5-10)20-9-13-8-16(19)18-15(17-13)7-12(3)21-18/h4-8H,9H2,1-3H3. The van der Waals surface area contributed by atoms with E-state index < -0.39 is 0 Å². The Bertz CT molecular complexity index is 841. The van der Waals surface area contributed by atoms with Crippen LogP contribution in [-0.4, -0.2) is 9.56 Å². The van der Waals surface area contributed by atoms with Crippen molar-refractivity contribution >= 4 is 5.65 Å². The van der Waals surface area contributed by atoms with Gasteiger partial charge in [-0.2, -0.15) is 0 Å². The smallest absolute Gasteiger partial charge is 0.287 e. The third-order valence-corrected chi connectivity index (χ3v) is 3.11. The van der Waals surface area contributed by atoms with Gasteiger partial charge in [0.1, 0.15) is 18.1 Å². The number of rotatable bonds is 3. The summed E-state index contributed by atoms with van der Waals surface area (Å²) in [6.45, 7) is 6.06. The summed E-state index contributed by atoms with van der Waals surface area (Å²) in [5.41, 5.74) is 3.11. The van der Waals surface area contributed by atoms with Gasteiger partial charge >= 0.3 is 0 Å². The van der Waals surface area contributed by atoms with Gasteiger partial charge in [-0.3, -0.25) is 4.79 Å². The minimum atomic E-state index is -0.243. The summed E-state index contributed by atoms with van der Waals surface area (Å²) in [7, 11) is 0. The van der Waals surface area contributed by atoms with Crippen molar-refractivity contribution in [1.29, 1.82) is 0 Å². The third kappa shape index (κ3) is 2.81. The van der Waals surface area contributed by atoms with Crippen molar-refractivity contribution in [2.75, 3.05) is 0 Å². The fraction of sp³-hybridized carbons (Fsp3) is 0.250. The van der Waals surface area contributed by atoms with Crippen LogP contribution in [0.25, 0.3) is 5.65 Å². The topological polar surface area (TPSA) is 56.7 Å². The van der Waals surface area contributed by atoms with Gasteiger partial charge in [0, 0.05) is 12.1 Å².